The molecule has 0 bridgehead atoms. The molecule has 1 amide bonds. The van der Waals surface area contributed by atoms with Crippen molar-refractivity contribution in [1.29, 1.82) is 0 Å². The van der Waals surface area contributed by atoms with Gasteiger partial charge in [-0.1, -0.05) is 31.4 Å². The molecular formula is C25H35N7O. The van der Waals surface area contributed by atoms with Crippen molar-refractivity contribution in [2.45, 2.75) is 45.6 Å². The number of piperazine rings is 1. The van der Waals surface area contributed by atoms with Gasteiger partial charge in [0.1, 0.15) is 0 Å². The molecule has 2 fully saturated rings. The van der Waals surface area contributed by atoms with Crippen molar-refractivity contribution in [3.8, 4) is 0 Å². The smallest absolute Gasteiger partial charge is 0.227 e. The first-order valence-corrected chi connectivity index (χ1v) is 12.2. The molecule has 2 N–H and O–H groups in total. The lowest BCUT2D eigenvalue weighted by Gasteiger charge is -2.36. The van der Waals surface area contributed by atoms with Crippen LogP contribution in [0.1, 0.15) is 44.6 Å². The van der Waals surface area contributed by atoms with Crippen LogP contribution in [0.4, 0.5) is 11.6 Å². The van der Waals surface area contributed by atoms with Crippen molar-refractivity contribution < 1.29 is 4.79 Å². The maximum atomic E-state index is 12.6. The Morgan fingerprint density at radius 2 is 1.82 bits per heavy atom. The van der Waals surface area contributed by atoms with Crippen LogP contribution in [0.3, 0.4) is 0 Å². The lowest BCUT2D eigenvalue weighted by atomic mass is 9.88. The van der Waals surface area contributed by atoms with Gasteiger partial charge >= 0.3 is 0 Å². The van der Waals surface area contributed by atoms with Gasteiger partial charge in [0.25, 0.3) is 0 Å². The third-order valence-electron chi connectivity index (χ3n) is 6.33. The van der Waals surface area contributed by atoms with Crippen LogP contribution in [0.5, 0.6) is 0 Å². The predicted octanol–water partition coefficient (Wildman–Crippen LogP) is 3.28. The zero-order chi connectivity index (χ0) is 22.9. The summed E-state index contributed by atoms with van der Waals surface area (Å²) in [6.07, 6.45) is 9.15. The second-order valence-corrected chi connectivity index (χ2v) is 8.72. The molecule has 1 saturated heterocycles. The predicted molar refractivity (Wildman–Crippen MR) is 132 cm³/mol. The number of hydrogen-bond donors (Lipinski definition) is 2. The minimum atomic E-state index is 0.153. The van der Waals surface area contributed by atoms with Gasteiger partial charge in [0.2, 0.25) is 11.9 Å². The van der Waals surface area contributed by atoms with Gasteiger partial charge in [-0.15, -0.1) is 0 Å². The van der Waals surface area contributed by atoms with Gasteiger partial charge in [0.15, 0.2) is 5.96 Å². The van der Waals surface area contributed by atoms with Gasteiger partial charge in [0, 0.05) is 56.7 Å². The number of anilines is 2. The fourth-order valence-corrected chi connectivity index (χ4v) is 4.52. The quantitative estimate of drug-likeness (QED) is 0.520. The second-order valence-electron chi connectivity index (χ2n) is 8.72. The van der Waals surface area contributed by atoms with E-state index in [4.69, 9.17) is 4.99 Å². The summed E-state index contributed by atoms with van der Waals surface area (Å²) in [5.41, 5.74) is 1.95. The van der Waals surface area contributed by atoms with Gasteiger partial charge in [0.05, 0.1) is 6.54 Å². The maximum Gasteiger partial charge on any atom is 0.227 e. The highest BCUT2D eigenvalue weighted by molar-refractivity contribution is 5.92. The van der Waals surface area contributed by atoms with Crippen molar-refractivity contribution in [3.63, 3.8) is 0 Å². The molecule has 0 atom stereocenters. The number of guanidine groups is 1. The lowest BCUT2D eigenvalue weighted by molar-refractivity contribution is -0.120. The molecule has 1 aliphatic heterocycles. The van der Waals surface area contributed by atoms with Crippen molar-refractivity contribution in [2.24, 2.45) is 10.9 Å². The normalized spacial score (nSPS) is 17.7. The largest absolute Gasteiger partial charge is 0.357 e. The number of aliphatic imine (C=N–C) groups is 1. The standard InChI is InChI=1S/C25H35N7O/c1-2-26-24(31-14-16-32(17-15-31)25-27-12-7-13-28-25)29-19-20-8-6-11-22(18-20)30-23(33)21-9-4-3-5-10-21/h6-8,11-13,18,21H,2-5,9-10,14-17,19H2,1H3,(H,26,29)(H,30,33). The number of aromatic nitrogens is 2. The number of hydrogen-bond acceptors (Lipinski definition) is 5. The van der Waals surface area contributed by atoms with E-state index in [-0.39, 0.29) is 11.8 Å². The highest BCUT2D eigenvalue weighted by atomic mass is 16.1. The van der Waals surface area contributed by atoms with Crippen LogP contribution in [-0.4, -0.2) is 59.5 Å². The van der Waals surface area contributed by atoms with Gasteiger partial charge in [-0.05, 0) is 43.5 Å². The highest BCUT2D eigenvalue weighted by Crippen LogP contribution is 2.25. The lowest BCUT2D eigenvalue weighted by Crippen LogP contribution is -2.52. The van der Waals surface area contributed by atoms with E-state index in [0.29, 0.717) is 6.54 Å². The molecule has 2 aliphatic rings. The molecule has 1 saturated carbocycles. The Kier molecular flexibility index (Phi) is 8.11. The molecule has 1 aliphatic carbocycles. The van der Waals surface area contributed by atoms with E-state index in [2.05, 4.69) is 43.4 Å². The number of rotatable bonds is 6. The Hall–Kier alpha value is -3.16. The highest BCUT2D eigenvalue weighted by Gasteiger charge is 2.22. The van der Waals surface area contributed by atoms with E-state index in [1.807, 2.05) is 24.3 Å². The average Bonchev–Trinajstić information content (AvgIpc) is 2.88. The molecule has 2 aromatic rings. The van der Waals surface area contributed by atoms with Gasteiger partial charge in [-0.25, -0.2) is 15.0 Å². The minimum Gasteiger partial charge on any atom is -0.357 e. The van der Waals surface area contributed by atoms with Crippen LogP contribution >= 0.6 is 0 Å². The summed E-state index contributed by atoms with van der Waals surface area (Å²) in [6, 6.07) is 9.90. The molecule has 0 unspecified atom stereocenters. The van der Waals surface area contributed by atoms with Gasteiger partial charge < -0.3 is 20.4 Å². The van der Waals surface area contributed by atoms with Crippen molar-refractivity contribution in [3.05, 3.63) is 48.3 Å². The van der Waals surface area contributed by atoms with Crippen LogP contribution < -0.4 is 15.5 Å². The van der Waals surface area contributed by atoms with E-state index in [1.165, 1.54) is 6.42 Å². The number of nitrogens with one attached hydrogen (secondary N) is 2. The van der Waals surface area contributed by atoms with Crippen molar-refractivity contribution >= 4 is 23.5 Å². The molecule has 33 heavy (non-hydrogen) atoms. The van der Waals surface area contributed by atoms with E-state index in [1.54, 1.807) is 12.4 Å². The van der Waals surface area contributed by atoms with Crippen LogP contribution in [0, 0.1) is 5.92 Å². The van der Waals surface area contributed by atoms with E-state index < -0.39 is 0 Å². The summed E-state index contributed by atoms with van der Waals surface area (Å²) in [4.78, 5) is 30.7. The summed E-state index contributed by atoms with van der Waals surface area (Å²) in [7, 11) is 0. The Bertz CT molecular complexity index is 919. The number of amides is 1. The number of carbonyl (C=O) groups excluding carboxylic acids is 1. The van der Waals surface area contributed by atoms with Crippen LogP contribution in [0.2, 0.25) is 0 Å². The summed E-state index contributed by atoms with van der Waals surface area (Å²) < 4.78 is 0. The summed E-state index contributed by atoms with van der Waals surface area (Å²) in [5, 5.41) is 6.54. The first kappa shape index (κ1) is 23.0. The zero-order valence-corrected chi connectivity index (χ0v) is 19.5. The van der Waals surface area contributed by atoms with Crippen molar-refractivity contribution in [1.82, 2.24) is 20.2 Å². The molecule has 8 nitrogen and oxygen atoms in total. The number of carbonyl (C=O) groups is 1. The maximum absolute atomic E-state index is 12.6. The third-order valence-corrected chi connectivity index (χ3v) is 6.33. The number of nitrogens with zero attached hydrogens (tertiary/aromatic N) is 5. The fourth-order valence-electron chi connectivity index (χ4n) is 4.52. The molecule has 0 radical (unpaired) electrons. The third kappa shape index (κ3) is 6.43. The van der Waals surface area contributed by atoms with Gasteiger partial charge in [-0.2, -0.15) is 0 Å². The average molecular weight is 450 g/mol. The fraction of sp³-hybridized carbons (Fsp3) is 0.520. The molecule has 1 aromatic heterocycles. The first-order chi connectivity index (χ1) is 16.2. The topological polar surface area (TPSA) is 85.8 Å². The van der Waals surface area contributed by atoms with Crippen molar-refractivity contribution in [2.75, 3.05) is 42.9 Å². The second kappa shape index (κ2) is 11.6. The molecule has 8 heteroatoms. The zero-order valence-electron chi connectivity index (χ0n) is 19.5. The van der Waals surface area contributed by atoms with Crippen LogP contribution in [-0.2, 0) is 11.3 Å². The Morgan fingerprint density at radius 3 is 2.55 bits per heavy atom. The Labute approximate surface area is 196 Å². The van der Waals surface area contributed by atoms with E-state index >= 15 is 0 Å². The van der Waals surface area contributed by atoms with Crippen LogP contribution in [0.25, 0.3) is 0 Å². The number of benzene rings is 1. The molecule has 2 heterocycles. The Balaban J connectivity index is 1.35. The van der Waals surface area contributed by atoms with Crippen LogP contribution in [0.15, 0.2) is 47.7 Å². The molecule has 0 spiro atoms. The SMILES string of the molecule is CCNC(=NCc1cccc(NC(=O)C2CCCCC2)c1)N1CCN(c2ncccn2)CC1. The first-order valence-electron chi connectivity index (χ1n) is 12.2. The Morgan fingerprint density at radius 1 is 1.06 bits per heavy atom. The summed E-state index contributed by atoms with van der Waals surface area (Å²) in [5.74, 6) is 2.01. The van der Waals surface area contributed by atoms with E-state index in [0.717, 1.165) is 81.6 Å². The molecule has 1 aromatic carbocycles. The van der Waals surface area contributed by atoms with E-state index in [9.17, 15) is 4.79 Å². The summed E-state index contributed by atoms with van der Waals surface area (Å²) in [6.45, 7) is 6.91. The molecule has 4 rings (SSSR count). The monoisotopic (exact) mass is 449 g/mol. The van der Waals surface area contributed by atoms with Gasteiger partial charge in [-0.3, -0.25) is 4.79 Å². The molecule has 176 valence electrons. The summed E-state index contributed by atoms with van der Waals surface area (Å²) >= 11 is 0. The molecular weight excluding hydrogens is 414 g/mol. The minimum absolute atomic E-state index is 0.153.